The highest BCUT2D eigenvalue weighted by molar-refractivity contribution is 6.23. The van der Waals surface area contributed by atoms with Crippen LogP contribution < -0.4 is 15.8 Å². The van der Waals surface area contributed by atoms with Crippen LogP contribution in [0.1, 0.15) is 93.7 Å². The first kappa shape index (κ1) is 40.8. The molecular weight excluding hydrogens is 808 g/mol. The summed E-state index contributed by atoms with van der Waals surface area (Å²) in [4.78, 5) is 99.5. The number of fused-ring (bicyclic) bond motifs is 2. The molecule has 1 aliphatic carbocycles. The number of carbonyl (C=O) groups is 6. The first-order valence-electron chi connectivity index (χ1n) is 22.1. The monoisotopic (exact) mass is 856 g/mol. The van der Waals surface area contributed by atoms with E-state index in [0.29, 0.717) is 66.2 Å². The number of likely N-dealkylation sites (tertiary alicyclic amines) is 1. The molecule has 6 heterocycles. The average Bonchev–Trinajstić information content (AvgIpc) is 3.54. The summed E-state index contributed by atoms with van der Waals surface area (Å²) in [5.74, 6) is -2.95. The highest BCUT2D eigenvalue weighted by Gasteiger charge is 2.49. The highest BCUT2D eigenvalue weighted by atomic mass is 19.1. The normalized spacial score (nSPS) is 22.1. The standard InChI is InChI=1S/C47H49FN8O7/c48-37-8-5-28(24-38-32-3-1-2-4-33(32)41(58)51-50-38)23-36(37)44(61)55-21-19-54(20-22-55)43(60)29-11-15-52(16-12-29)31-26-47(27-31)13-17-53(18-14-47)30-6-7-34-35(25-30)46(63)56(45(34)62)39-9-10-40(57)49-42(39)59/h1-8,23,25,29,31,39H,9-22,24,26-27H2,(H,51,58)(H,49,57,59). The lowest BCUT2D eigenvalue weighted by Crippen LogP contribution is -2.57. The van der Waals surface area contributed by atoms with Crippen LogP contribution in [-0.4, -0.2) is 130 Å². The second-order valence-corrected chi connectivity index (χ2v) is 18.2. The molecule has 4 saturated heterocycles. The minimum atomic E-state index is -0.986. The van der Waals surface area contributed by atoms with Crippen molar-refractivity contribution in [2.45, 2.75) is 69.9 Å². The molecule has 3 aromatic carbocycles. The molecule has 0 radical (unpaired) electrons. The Labute approximate surface area is 362 Å². The Kier molecular flexibility index (Phi) is 10.4. The van der Waals surface area contributed by atoms with Gasteiger partial charge >= 0.3 is 0 Å². The van der Waals surface area contributed by atoms with Crippen LogP contribution in [0.15, 0.2) is 65.5 Å². The van der Waals surface area contributed by atoms with Gasteiger partial charge in [0.25, 0.3) is 23.3 Å². The number of halogens is 1. The molecule has 326 valence electrons. The number of piperidine rings is 3. The van der Waals surface area contributed by atoms with Crippen LogP contribution in [0.5, 0.6) is 0 Å². The first-order valence-corrected chi connectivity index (χ1v) is 22.1. The van der Waals surface area contributed by atoms with E-state index < -0.39 is 41.4 Å². The van der Waals surface area contributed by atoms with Gasteiger partial charge in [-0.2, -0.15) is 5.10 Å². The Bertz CT molecular complexity index is 2620. The lowest BCUT2D eigenvalue weighted by atomic mass is 9.59. The summed E-state index contributed by atoms with van der Waals surface area (Å²) in [5.41, 5.74) is 2.76. The summed E-state index contributed by atoms with van der Waals surface area (Å²) >= 11 is 0. The van der Waals surface area contributed by atoms with E-state index in [0.717, 1.165) is 75.3 Å². The Balaban J connectivity index is 0.675. The van der Waals surface area contributed by atoms with E-state index in [4.69, 9.17) is 0 Å². The molecule has 63 heavy (non-hydrogen) atoms. The zero-order valence-electron chi connectivity index (χ0n) is 34.9. The number of amides is 6. The molecule has 10 rings (SSSR count). The van der Waals surface area contributed by atoms with E-state index >= 15 is 4.39 Å². The largest absolute Gasteiger partial charge is 0.371 e. The number of rotatable bonds is 7. The van der Waals surface area contributed by atoms with Crippen molar-refractivity contribution in [2.24, 2.45) is 11.3 Å². The van der Waals surface area contributed by atoms with Crippen molar-refractivity contribution < 1.29 is 33.2 Å². The van der Waals surface area contributed by atoms with Crippen molar-refractivity contribution in [3.63, 3.8) is 0 Å². The number of imide groups is 2. The van der Waals surface area contributed by atoms with Gasteiger partial charge in [0.05, 0.1) is 27.8 Å². The van der Waals surface area contributed by atoms with E-state index in [9.17, 15) is 33.6 Å². The molecule has 1 unspecified atom stereocenters. The summed E-state index contributed by atoms with van der Waals surface area (Å²) in [6.07, 6.45) is 6.42. The number of benzene rings is 3. The SMILES string of the molecule is O=C1CCC(N2C(=O)c3ccc(N4CCC5(CC4)CC(N4CCC(C(=O)N6CCN(C(=O)c7cc(Cc8n[nH]c(=O)c9ccccc89)ccc7F)CC6)CC4)C5)cc3C2=O)C(=O)N1. The van der Waals surface area contributed by atoms with Gasteiger partial charge in [-0.05, 0) is 105 Å². The number of piperazine rings is 1. The molecule has 1 atom stereocenters. The molecule has 6 aliphatic rings. The van der Waals surface area contributed by atoms with Crippen molar-refractivity contribution in [3.05, 3.63) is 105 Å². The van der Waals surface area contributed by atoms with Gasteiger partial charge in [0.2, 0.25) is 17.7 Å². The first-order chi connectivity index (χ1) is 30.4. The fraction of sp³-hybridized carbons (Fsp3) is 0.447. The Morgan fingerprint density at radius 3 is 2.19 bits per heavy atom. The molecular formula is C47H49FN8O7. The Morgan fingerprint density at radius 1 is 0.762 bits per heavy atom. The smallest absolute Gasteiger partial charge is 0.272 e. The van der Waals surface area contributed by atoms with E-state index in [-0.39, 0.29) is 46.8 Å². The van der Waals surface area contributed by atoms with Crippen LogP contribution >= 0.6 is 0 Å². The van der Waals surface area contributed by atoms with E-state index in [1.807, 2.05) is 23.1 Å². The van der Waals surface area contributed by atoms with Gasteiger partial charge in [0.15, 0.2) is 0 Å². The summed E-state index contributed by atoms with van der Waals surface area (Å²) in [6, 6.07) is 16.5. The van der Waals surface area contributed by atoms with Crippen LogP contribution in [0, 0.1) is 17.2 Å². The number of H-pyrrole nitrogens is 1. The van der Waals surface area contributed by atoms with Crippen molar-refractivity contribution in [1.82, 2.24) is 35.1 Å². The van der Waals surface area contributed by atoms with E-state index in [2.05, 4.69) is 25.3 Å². The minimum absolute atomic E-state index is 0.0196. The van der Waals surface area contributed by atoms with Gasteiger partial charge in [-0.25, -0.2) is 9.49 Å². The van der Waals surface area contributed by atoms with Gasteiger partial charge in [0.1, 0.15) is 11.9 Å². The number of nitrogens with zero attached hydrogens (tertiary/aromatic N) is 6. The Morgan fingerprint density at radius 2 is 1.46 bits per heavy atom. The van der Waals surface area contributed by atoms with Crippen LogP contribution in [0.25, 0.3) is 10.8 Å². The van der Waals surface area contributed by atoms with Gasteiger partial charge in [-0.15, -0.1) is 0 Å². The van der Waals surface area contributed by atoms with Crippen molar-refractivity contribution in [2.75, 3.05) is 57.3 Å². The molecule has 15 nitrogen and oxygen atoms in total. The van der Waals surface area contributed by atoms with Gasteiger partial charge < -0.3 is 19.6 Å². The number of aromatic nitrogens is 2. The molecule has 5 aliphatic heterocycles. The number of anilines is 1. The molecule has 1 spiro atoms. The predicted molar refractivity (Wildman–Crippen MR) is 228 cm³/mol. The average molecular weight is 857 g/mol. The maximum atomic E-state index is 15.1. The third-order valence-electron chi connectivity index (χ3n) is 14.6. The lowest BCUT2D eigenvalue weighted by molar-refractivity contribution is -0.139. The summed E-state index contributed by atoms with van der Waals surface area (Å²) < 4.78 is 15.1. The van der Waals surface area contributed by atoms with Crippen LogP contribution in [0.3, 0.4) is 0 Å². The maximum absolute atomic E-state index is 15.1. The lowest BCUT2D eigenvalue weighted by Gasteiger charge is -2.56. The van der Waals surface area contributed by atoms with Crippen LogP contribution in [-0.2, 0) is 20.8 Å². The second-order valence-electron chi connectivity index (χ2n) is 18.2. The fourth-order valence-electron chi connectivity index (χ4n) is 10.9. The second kappa shape index (κ2) is 16.1. The number of hydrogen-bond donors (Lipinski definition) is 2. The molecule has 1 saturated carbocycles. The molecule has 0 bridgehead atoms. The predicted octanol–water partition coefficient (Wildman–Crippen LogP) is 3.50. The topological polar surface area (TPSA) is 176 Å². The summed E-state index contributed by atoms with van der Waals surface area (Å²) in [5, 5.41) is 10.2. The van der Waals surface area contributed by atoms with E-state index in [1.54, 1.807) is 41.3 Å². The number of aromatic amines is 1. The van der Waals surface area contributed by atoms with Gasteiger partial charge in [0, 0.05) is 75.1 Å². The Hall–Kier alpha value is -6.29. The number of hydrogen-bond acceptors (Lipinski definition) is 10. The van der Waals surface area contributed by atoms with Gasteiger partial charge in [-0.3, -0.25) is 43.8 Å². The van der Waals surface area contributed by atoms with E-state index in [1.165, 1.54) is 6.07 Å². The third-order valence-corrected chi connectivity index (χ3v) is 14.6. The molecule has 1 aromatic heterocycles. The molecule has 4 aromatic rings. The van der Waals surface area contributed by atoms with Crippen molar-refractivity contribution in [1.29, 1.82) is 0 Å². The zero-order valence-corrected chi connectivity index (χ0v) is 34.9. The fourth-order valence-corrected chi connectivity index (χ4v) is 10.9. The van der Waals surface area contributed by atoms with Crippen molar-refractivity contribution in [3.8, 4) is 0 Å². The van der Waals surface area contributed by atoms with Crippen molar-refractivity contribution >= 4 is 51.9 Å². The summed E-state index contributed by atoms with van der Waals surface area (Å²) in [6.45, 7) is 4.90. The van der Waals surface area contributed by atoms with Crippen LogP contribution in [0.4, 0.5) is 10.1 Å². The number of nitrogens with one attached hydrogen (secondary N) is 2. The van der Waals surface area contributed by atoms with Gasteiger partial charge in [-0.1, -0.05) is 24.3 Å². The summed E-state index contributed by atoms with van der Waals surface area (Å²) in [7, 11) is 0. The molecule has 5 fully saturated rings. The molecule has 16 heteroatoms. The minimum Gasteiger partial charge on any atom is -0.371 e. The quantitative estimate of drug-likeness (QED) is 0.262. The highest BCUT2D eigenvalue weighted by Crippen LogP contribution is 2.52. The molecule has 2 N–H and O–H groups in total. The molecule has 6 amide bonds. The third kappa shape index (κ3) is 7.47. The number of carbonyl (C=O) groups excluding carboxylic acids is 6. The zero-order chi connectivity index (χ0) is 43.6. The maximum Gasteiger partial charge on any atom is 0.272 e. The van der Waals surface area contributed by atoms with Crippen LogP contribution in [0.2, 0.25) is 0 Å².